The highest BCUT2D eigenvalue weighted by Crippen LogP contribution is 2.35. The fourth-order valence-corrected chi connectivity index (χ4v) is 3.79. The number of ether oxygens (including phenoxy) is 2. The first-order valence-corrected chi connectivity index (χ1v) is 9.57. The zero-order chi connectivity index (χ0) is 19.4. The van der Waals surface area contributed by atoms with E-state index in [2.05, 4.69) is 31.1 Å². The van der Waals surface area contributed by atoms with Gasteiger partial charge in [0.2, 0.25) is 0 Å². The number of carbonyl (C=O) groups is 2. The molecule has 0 saturated heterocycles. The van der Waals surface area contributed by atoms with Crippen molar-refractivity contribution in [1.29, 1.82) is 0 Å². The molecule has 3 atom stereocenters. The van der Waals surface area contributed by atoms with E-state index in [1.54, 1.807) is 0 Å². The maximum atomic E-state index is 12.2. The molecule has 3 rings (SSSR count). The Hall–Kier alpha value is -2.44. The molecule has 0 spiro atoms. The molecule has 1 heterocycles. The lowest BCUT2D eigenvalue weighted by molar-refractivity contribution is -0.167. The second-order valence-corrected chi connectivity index (χ2v) is 7.75. The summed E-state index contributed by atoms with van der Waals surface area (Å²) in [6.07, 6.45) is 3.00. The van der Waals surface area contributed by atoms with Crippen molar-refractivity contribution in [2.75, 3.05) is 6.61 Å². The van der Waals surface area contributed by atoms with Crippen LogP contribution in [0.15, 0.2) is 24.3 Å². The fraction of sp³-hybridized carbons (Fsp3) is 0.600. The lowest BCUT2D eigenvalue weighted by Crippen LogP contribution is -2.37. The third-order valence-electron chi connectivity index (χ3n) is 5.29. The molecule has 1 aliphatic rings. The molecular weight excluding hydrogens is 346 g/mol. The molecule has 1 aromatic carbocycles. The van der Waals surface area contributed by atoms with E-state index in [9.17, 15) is 9.59 Å². The molecule has 27 heavy (non-hydrogen) atoms. The van der Waals surface area contributed by atoms with Crippen molar-refractivity contribution in [2.24, 2.45) is 17.8 Å². The van der Waals surface area contributed by atoms with Crippen molar-refractivity contribution in [1.82, 2.24) is 15.0 Å². The quantitative estimate of drug-likeness (QED) is 0.724. The van der Waals surface area contributed by atoms with E-state index < -0.39 is 11.9 Å². The predicted octanol–water partition coefficient (Wildman–Crippen LogP) is 2.98. The first kappa shape index (κ1) is 19.3. The zero-order valence-electron chi connectivity index (χ0n) is 16.1. The maximum absolute atomic E-state index is 12.2. The normalized spacial score (nSPS) is 22.7. The van der Waals surface area contributed by atoms with Gasteiger partial charge in [-0.3, -0.25) is 4.79 Å². The van der Waals surface area contributed by atoms with Gasteiger partial charge < -0.3 is 9.47 Å². The summed E-state index contributed by atoms with van der Waals surface area (Å²) in [7, 11) is 0. The Labute approximate surface area is 159 Å². The molecule has 0 N–H and O–H groups in total. The minimum Gasteiger partial charge on any atom is -0.460 e. The largest absolute Gasteiger partial charge is 0.460 e. The highest BCUT2D eigenvalue weighted by molar-refractivity contribution is 5.79. The Morgan fingerprint density at radius 1 is 1.22 bits per heavy atom. The van der Waals surface area contributed by atoms with E-state index in [0.29, 0.717) is 23.3 Å². The number of nitrogens with zero attached hydrogens (tertiary/aromatic N) is 3. The summed E-state index contributed by atoms with van der Waals surface area (Å²) in [6, 6.07) is 7.35. The molecule has 2 aromatic rings. The van der Waals surface area contributed by atoms with Gasteiger partial charge in [0.1, 0.15) is 18.2 Å². The molecule has 7 nitrogen and oxygen atoms in total. The summed E-state index contributed by atoms with van der Waals surface area (Å²) in [5, 5.41) is 7.93. The molecule has 0 bridgehead atoms. The SMILES string of the molecule is CC1CCC(C(C)C)C(OC(=O)COC(=O)Cn2nnc3ccccc32)C1. The van der Waals surface area contributed by atoms with Crippen molar-refractivity contribution in [3.05, 3.63) is 24.3 Å². The number of hydrogen-bond acceptors (Lipinski definition) is 6. The van der Waals surface area contributed by atoms with Crippen LogP contribution in [0.1, 0.15) is 40.0 Å². The molecule has 1 fully saturated rings. The Kier molecular flexibility index (Phi) is 6.08. The Balaban J connectivity index is 1.50. The molecule has 1 aliphatic carbocycles. The van der Waals surface area contributed by atoms with Gasteiger partial charge in [-0.15, -0.1) is 5.10 Å². The highest BCUT2D eigenvalue weighted by Gasteiger charge is 2.33. The van der Waals surface area contributed by atoms with E-state index in [1.807, 2.05) is 24.3 Å². The summed E-state index contributed by atoms with van der Waals surface area (Å²) >= 11 is 0. The first-order chi connectivity index (χ1) is 12.9. The van der Waals surface area contributed by atoms with Crippen molar-refractivity contribution < 1.29 is 19.1 Å². The third kappa shape index (κ3) is 4.84. The molecule has 0 amide bonds. The molecule has 0 aliphatic heterocycles. The number of carbonyl (C=O) groups excluding carboxylic acids is 2. The topological polar surface area (TPSA) is 83.3 Å². The number of rotatable bonds is 6. The Morgan fingerprint density at radius 3 is 2.78 bits per heavy atom. The van der Waals surface area contributed by atoms with Crippen LogP contribution in [0.3, 0.4) is 0 Å². The van der Waals surface area contributed by atoms with Crippen molar-refractivity contribution in [3.63, 3.8) is 0 Å². The van der Waals surface area contributed by atoms with E-state index in [1.165, 1.54) is 4.68 Å². The number of hydrogen-bond donors (Lipinski definition) is 0. The summed E-state index contributed by atoms with van der Waals surface area (Å²) < 4.78 is 12.2. The second-order valence-electron chi connectivity index (χ2n) is 7.75. The van der Waals surface area contributed by atoms with Gasteiger partial charge in [-0.2, -0.15) is 0 Å². The van der Waals surface area contributed by atoms with E-state index in [-0.39, 0.29) is 19.3 Å². The Morgan fingerprint density at radius 2 is 2.00 bits per heavy atom. The van der Waals surface area contributed by atoms with Crippen LogP contribution in [0.5, 0.6) is 0 Å². The minimum atomic E-state index is -0.542. The summed E-state index contributed by atoms with van der Waals surface area (Å²) in [6.45, 7) is 6.03. The highest BCUT2D eigenvalue weighted by atomic mass is 16.6. The summed E-state index contributed by atoms with van der Waals surface area (Å²) in [5.41, 5.74) is 1.45. The number of para-hydroxylation sites is 1. The van der Waals surface area contributed by atoms with Crippen molar-refractivity contribution >= 4 is 23.0 Å². The lowest BCUT2D eigenvalue weighted by Gasteiger charge is -2.36. The van der Waals surface area contributed by atoms with Crippen LogP contribution in [0.4, 0.5) is 0 Å². The number of fused-ring (bicyclic) bond motifs is 1. The number of aromatic nitrogens is 3. The van der Waals surface area contributed by atoms with Crippen molar-refractivity contribution in [2.45, 2.75) is 52.7 Å². The lowest BCUT2D eigenvalue weighted by atomic mass is 9.75. The van der Waals surface area contributed by atoms with Crippen LogP contribution in [0.25, 0.3) is 11.0 Å². The average molecular weight is 373 g/mol. The van der Waals surface area contributed by atoms with E-state index in [4.69, 9.17) is 9.47 Å². The minimum absolute atomic E-state index is 0.0944. The molecule has 0 radical (unpaired) electrons. The molecule has 1 saturated carbocycles. The van der Waals surface area contributed by atoms with Gasteiger partial charge in [0.05, 0.1) is 5.52 Å². The molecule has 146 valence electrons. The van der Waals surface area contributed by atoms with Gasteiger partial charge in [0, 0.05) is 0 Å². The van der Waals surface area contributed by atoms with Gasteiger partial charge >= 0.3 is 11.9 Å². The van der Waals surface area contributed by atoms with Crippen LogP contribution >= 0.6 is 0 Å². The molecule has 7 heteroatoms. The predicted molar refractivity (Wildman–Crippen MR) is 99.7 cm³/mol. The molecule has 3 unspecified atom stereocenters. The second kappa shape index (κ2) is 8.50. The standard InChI is InChI=1S/C20H27N3O4/c1-13(2)15-9-8-14(3)10-18(15)27-20(25)12-26-19(24)11-23-17-7-5-4-6-16(17)21-22-23/h4-7,13-15,18H,8-12H2,1-3H3. The van der Waals surface area contributed by atoms with Crippen LogP contribution in [-0.2, 0) is 25.6 Å². The Bertz CT molecular complexity index is 801. The van der Waals surface area contributed by atoms with Crippen LogP contribution in [0.2, 0.25) is 0 Å². The van der Waals surface area contributed by atoms with E-state index >= 15 is 0 Å². The zero-order valence-corrected chi connectivity index (χ0v) is 16.1. The van der Waals surface area contributed by atoms with Crippen LogP contribution in [0, 0.1) is 17.8 Å². The summed E-state index contributed by atoms with van der Waals surface area (Å²) in [4.78, 5) is 24.2. The molecular formula is C20H27N3O4. The monoisotopic (exact) mass is 373 g/mol. The van der Waals surface area contributed by atoms with Gasteiger partial charge in [-0.25, -0.2) is 9.48 Å². The van der Waals surface area contributed by atoms with Crippen molar-refractivity contribution in [3.8, 4) is 0 Å². The maximum Gasteiger partial charge on any atom is 0.344 e. The fourth-order valence-electron chi connectivity index (χ4n) is 3.79. The average Bonchev–Trinajstić information content (AvgIpc) is 3.03. The third-order valence-corrected chi connectivity index (χ3v) is 5.29. The first-order valence-electron chi connectivity index (χ1n) is 9.57. The van der Waals surface area contributed by atoms with Crippen LogP contribution in [-0.4, -0.2) is 39.6 Å². The molecule has 1 aromatic heterocycles. The summed E-state index contributed by atoms with van der Waals surface area (Å²) in [5.74, 6) is 0.332. The van der Waals surface area contributed by atoms with Gasteiger partial charge in [-0.05, 0) is 42.7 Å². The smallest absolute Gasteiger partial charge is 0.344 e. The van der Waals surface area contributed by atoms with Crippen LogP contribution < -0.4 is 0 Å². The van der Waals surface area contributed by atoms with Gasteiger partial charge in [-0.1, -0.05) is 44.5 Å². The van der Waals surface area contributed by atoms with Gasteiger partial charge in [0.15, 0.2) is 6.61 Å². The van der Waals surface area contributed by atoms with Gasteiger partial charge in [0.25, 0.3) is 0 Å². The van der Waals surface area contributed by atoms with E-state index in [0.717, 1.165) is 24.8 Å². The number of esters is 2. The number of benzene rings is 1.